The van der Waals surface area contributed by atoms with Crippen LogP contribution in [0.15, 0.2) is 60.7 Å². The zero-order valence-corrected chi connectivity index (χ0v) is 17.2. The molecule has 0 aliphatic heterocycles. The molecule has 2 rings (SSSR count). The quantitative estimate of drug-likeness (QED) is 0.538. The lowest BCUT2D eigenvalue weighted by Gasteiger charge is -2.22. The van der Waals surface area contributed by atoms with Crippen molar-refractivity contribution in [1.29, 1.82) is 0 Å². The minimum Gasteiger partial charge on any atom is -0.460 e. The lowest BCUT2D eigenvalue weighted by molar-refractivity contribution is -0.156. The Morgan fingerprint density at radius 1 is 0.964 bits per heavy atom. The summed E-state index contributed by atoms with van der Waals surface area (Å²) in [6, 6.07) is 16.3. The summed E-state index contributed by atoms with van der Waals surface area (Å²) in [6.07, 6.45) is -0.263. The van der Waals surface area contributed by atoms with E-state index in [1.807, 2.05) is 0 Å². The minimum atomic E-state index is -3.48. The number of esters is 1. The van der Waals surface area contributed by atoms with Crippen LogP contribution in [0, 0.1) is 0 Å². The SMILES string of the molecule is CC(C)(C)OC(=O)C[C@H](N)C(=O)COP(=O)(c1ccccc1)c1ccccc1. The normalized spacial score (nSPS) is 13.0. The van der Waals surface area contributed by atoms with Crippen molar-refractivity contribution in [2.24, 2.45) is 5.73 Å². The summed E-state index contributed by atoms with van der Waals surface area (Å²) in [6.45, 7) is 4.73. The number of benzene rings is 2. The van der Waals surface area contributed by atoms with E-state index >= 15 is 0 Å². The second-order valence-corrected chi connectivity index (χ2v) is 9.75. The van der Waals surface area contributed by atoms with Gasteiger partial charge in [0.2, 0.25) is 0 Å². The van der Waals surface area contributed by atoms with Crippen LogP contribution >= 0.6 is 7.37 Å². The van der Waals surface area contributed by atoms with Crippen LogP contribution in [0.5, 0.6) is 0 Å². The van der Waals surface area contributed by atoms with Gasteiger partial charge in [0, 0.05) is 10.6 Å². The van der Waals surface area contributed by atoms with Gasteiger partial charge in [-0.3, -0.25) is 14.2 Å². The van der Waals surface area contributed by atoms with Crippen molar-refractivity contribution in [3.05, 3.63) is 60.7 Å². The molecule has 2 aromatic carbocycles. The first-order valence-electron chi connectivity index (χ1n) is 8.98. The van der Waals surface area contributed by atoms with Crippen LogP contribution in [-0.2, 0) is 23.4 Å². The predicted molar refractivity (Wildman–Crippen MR) is 109 cm³/mol. The Bertz CT molecular complexity index is 803. The van der Waals surface area contributed by atoms with E-state index in [0.29, 0.717) is 10.6 Å². The smallest absolute Gasteiger partial charge is 0.308 e. The molecule has 0 fully saturated rings. The van der Waals surface area contributed by atoms with Gasteiger partial charge in [0.15, 0.2) is 5.78 Å². The van der Waals surface area contributed by atoms with Crippen molar-refractivity contribution in [2.45, 2.75) is 38.8 Å². The first-order valence-corrected chi connectivity index (χ1v) is 10.6. The summed E-state index contributed by atoms with van der Waals surface area (Å²) in [4.78, 5) is 24.2. The maximum Gasteiger partial charge on any atom is 0.308 e. The molecule has 0 spiro atoms. The van der Waals surface area contributed by atoms with Gasteiger partial charge in [-0.15, -0.1) is 0 Å². The highest BCUT2D eigenvalue weighted by Crippen LogP contribution is 2.44. The van der Waals surface area contributed by atoms with E-state index in [4.69, 9.17) is 15.0 Å². The molecule has 0 saturated carbocycles. The van der Waals surface area contributed by atoms with Crippen LogP contribution < -0.4 is 16.3 Å². The topological polar surface area (TPSA) is 95.7 Å². The second kappa shape index (κ2) is 9.28. The molecule has 1 atom stereocenters. The standard InChI is InChI=1S/C21H26NO5P/c1-21(2,3)27-20(24)14-18(22)19(23)15-26-28(25,16-10-6-4-7-11-16)17-12-8-5-9-13-17/h4-13,18H,14-15,22H2,1-3H3/t18-/m0/s1. The summed E-state index contributed by atoms with van der Waals surface area (Å²) in [5.74, 6) is -1.08. The Kier molecular flexibility index (Phi) is 7.30. The fraction of sp³-hybridized carbons (Fsp3) is 0.333. The molecule has 0 aliphatic rings. The second-order valence-electron chi connectivity index (χ2n) is 7.36. The number of carbonyl (C=O) groups excluding carboxylic acids is 2. The van der Waals surface area contributed by atoms with Gasteiger partial charge in [-0.25, -0.2) is 0 Å². The molecule has 2 aromatic rings. The highest BCUT2D eigenvalue weighted by Gasteiger charge is 2.31. The predicted octanol–water partition coefficient (Wildman–Crippen LogP) is 2.56. The molecular weight excluding hydrogens is 377 g/mol. The van der Waals surface area contributed by atoms with Crippen LogP contribution in [0.25, 0.3) is 0 Å². The highest BCUT2D eigenvalue weighted by molar-refractivity contribution is 7.74. The third-order valence-electron chi connectivity index (χ3n) is 3.80. The molecule has 0 aromatic heterocycles. The summed E-state index contributed by atoms with van der Waals surface area (Å²) in [5, 5.41) is 0.962. The van der Waals surface area contributed by atoms with Crippen molar-refractivity contribution >= 4 is 29.7 Å². The molecule has 7 heteroatoms. The molecule has 150 valence electrons. The Hall–Kier alpha value is -2.27. The summed E-state index contributed by atoms with van der Waals surface area (Å²) in [5.41, 5.74) is 5.16. The number of hydrogen-bond donors (Lipinski definition) is 1. The molecule has 0 saturated heterocycles. The molecule has 0 aliphatic carbocycles. The molecule has 6 nitrogen and oxygen atoms in total. The van der Waals surface area contributed by atoms with E-state index in [9.17, 15) is 14.2 Å². The number of nitrogens with two attached hydrogens (primary N) is 1. The van der Waals surface area contributed by atoms with Gasteiger partial charge in [0.05, 0.1) is 12.5 Å². The van der Waals surface area contributed by atoms with Crippen LogP contribution in [0.1, 0.15) is 27.2 Å². The number of rotatable bonds is 8. The number of carbonyl (C=O) groups is 2. The maximum absolute atomic E-state index is 13.6. The zero-order chi connectivity index (χ0) is 20.8. The molecular formula is C21H26NO5P. The number of Topliss-reactive ketones (excluding diaryl/α,β-unsaturated/α-hetero) is 1. The van der Waals surface area contributed by atoms with Gasteiger partial charge in [-0.2, -0.15) is 0 Å². The Balaban J connectivity index is 2.11. The minimum absolute atomic E-state index is 0.263. The van der Waals surface area contributed by atoms with Gasteiger partial charge in [0.25, 0.3) is 7.37 Å². The third-order valence-corrected chi connectivity index (χ3v) is 6.25. The van der Waals surface area contributed by atoms with Crippen LogP contribution in [-0.4, -0.2) is 30.0 Å². The van der Waals surface area contributed by atoms with E-state index in [0.717, 1.165) is 0 Å². The van der Waals surface area contributed by atoms with Gasteiger partial charge in [-0.05, 0) is 45.0 Å². The zero-order valence-electron chi connectivity index (χ0n) is 16.3. The fourth-order valence-electron chi connectivity index (χ4n) is 2.48. The highest BCUT2D eigenvalue weighted by atomic mass is 31.2. The molecule has 0 unspecified atom stereocenters. The monoisotopic (exact) mass is 403 g/mol. The lowest BCUT2D eigenvalue weighted by Crippen LogP contribution is -2.38. The van der Waals surface area contributed by atoms with Gasteiger partial charge in [-0.1, -0.05) is 36.4 Å². The van der Waals surface area contributed by atoms with Gasteiger partial charge < -0.3 is 15.0 Å². The lowest BCUT2D eigenvalue weighted by atomic mass is 10.1. The number of ether oxygens (including phenoxy) is 1. The number of ketones is 1. The fourth-order valence-corrected chi connectivity index (χ4v) is 4.52. The first-order chi connectivity index (χ1) is 13.1. The molecule has 2 N–H and O–H groups in total. The van der Waals surface area contributed by atoms with Crippen molar-refractivity contribution in [3.8, 4) is 0 Å². The summed E-state index contributed by atoms with van der Waals surface area (Å²) in [7, 11) is -3.48. The Morgan fingerprint density at radius 3 is 1.86 bits per heavy atom. The number of hydrogen-bond acceptors (Lipinski definition) is 6. The van der Waals surface area contributed by atoms with Crippen molar-refractivity contribution in [1.82, 2.24) is 0 Å². The van der Waals surface area contributed by atoms with Crippen LogP contribution in [0.3, 0.4) is 0 Å². The molecule has 0 heterocycles. The Labute approximate surface area is 165 Å². The molecule has 0 amide bonds. The van der Waals surface area contributed by atoms with Crippen molar-refractivity contribution in [3.63, 3.8) is 0 Å². The van der Waals surface area contributed by atoms with E-state index in [1.54, 1.807) is 81.4 Å². The molecule has 0 bridgehead atoms. The third kappa shape index (κ3) is 6.13. The maximum atomic E-state index is 13.6. The van der Waals surface area contributed by atoms with Gasteiger partial charge >= 0.3 is 5.97 Å². The summed E-state index contributed by atoms with van der Waals surface area (Å²) < 4.78 is 24.5. The van der Waals surface area contributed by atoms with E-state index in [-0.39, 0.29) is 6.42 Å². The summed E-state index contributed by atoms with van der Waals surface area (Å²) >= 11 is 0. The van der Waals surface area contributed by atoms with E-state index in [1.165, 1.54) is 0 Å². The largest absolute Gasteiger partial charge is 0.460 e. The average Bonchev–Trinajstić information content (AvgIpc) is 2.65. The van der Waals surface area contributed by atoms with Crippen LogP contribution in [0.4, 0.5) is 0 Å². The van der Waals surface area contributed by atoms with E-state index in [2.05, 4.69) is 0 Å². The Morgan fingerprint density at radius 2 is 1.43 bits per heavy atom. The average molecular weight is 403 g/mol. The molecule has 0 radical (unpaired) electrons. The van der Waals surface area contributed by atoms with Crippen LogP contribution in [0.2, 0.25) is 0 Å². The van der Waals surface area contributed by atoms with Crippen molar-refractivity contribution in [2.75, 3.05) is 6.61 Å². The van der Waals surface area contributed by atoms with E-state index < -0.39 is 37.4 Å². The first kappa shape index (κ1) is 22.0. The van der Waals surface area contributed by atoms with Crippen molar-refractivity contribution < 1.29 is 23.4 Å². The van der Waals surface area contributed by atoms with Gasteiger partial charge in [0.1, 0.15) is 12.2 Å². The molecule has 28 heavy (non-hydrogen) atoms.